The Morgan fingerprint density at radius 2 is 1.64 bits per heavy atom. The summed E-state index contributed by atoms with van der Waals surface area (Å²) in [5.41, 5.74) is 3.64. The van der Waals surface area contributed by atoms with E-state index < -0.39 is 17.7 Å². The SMILES string of the molecule is CCCCCCC12c3ccccc3CC1c1cc(OC)c(OC)cc1C(CC(=O)OC)N2C(=O)OC. The van der Waals surface area contributed by atoms with Gasteiger partial charge >= 0.3 is 12.1 Å². The first-order chi connectivity index (χ1) is 17.5. The second kappa shape index (κ2) is 10.8. The first-order valence-corrected chi connectivity index (χ1v) is 12.7. The summed E-state index contributed by atoms with van der Waals surface area (Å²) >= 11 is 0. The molecule has 1 heterocycles. The monoisotopic (exact) mass is 495 g/mol. The quantitative estimate of drug-likeness (QED) is 0.319. The Kier molecular flexibility index (Phi) is 7.76. The number of benzene rings is 2. The number of nitrogens with zero attached hydrogens (tertiary/aromatic N) is 1. The molecule has 0 aromatic heterocycles. The Hall–Kier alpha value is -3.22. The van der Waals surface area contributed by atoms with Crippen LogP contribution in [0.5, 0.6) is 11.5 Å². The molecule has 1 aliphatic heterocycles. The van der Waals surface area contributed by atoms with Crippen LogP contribution in [0.2, 0.25) is 0 Å². The molecule has 1 aliphatic carbocycles. The second-order valence-electron chi connectivity index (χ2n) is 9.62. The standard InChI is InChI=1S/C29H37NO6/c1-6-7-8-11-14-29-22-13-10-9-12-19(22)15-23(29)20-16-25(33-2)26(34-3)17-21(20)24(18-27(31)35-4)30(29)28(32)36-5/h9-10,12-13,16-17,23-24H,6-8,11,14-15,18H2,1-5H3. The van der Waals surface area contributed by atoms with Crippen LogP contribution in [0.4, 0.5) is 4.79 Å². The van der Waals surface area contributed by atoms with Crippen molar-refractivity contribution in [1.82, 2.24) is 4.90 Å². The van der Waals surface area contributed by atoms with Crippen molar-refractivity contribution in [2.24, 2.45) is 0 Å². The van der Waals surface area contributed by atoms with Crippen molar-refractivity contribution < 1.29 is 28.5 Å². The third kappa shape index (κ3) is 4.18. The third-order valence-electron chi connectivity index (χ3n) is 7.92. The highest BCUT2D eigenvalue weighted by molar-refractivity contribution is 5.76. The lowest BCUT2D eigenvalue weighted by Gasteiger charge is -2.53. The summed E-state index contributed by atoms with van der Waals surface area (Å²) < 4.78 is 21.8. The molecule has 1 amide bonds. The fourth-order valence-electron chi connectivity index (χ4n) is 6.36. The van der Waals surface area contributed by atoms with Crippen molar-refractivity contribution in [3.63, 3.8) is 0 Å². The predicted molar refractivity (Wildman–Crippen MR) is 136 cm³/mol. The summed E-state index contributed by atoms with van der Waals surface area (Å²) in [6, 6.07) is 11.7. The molecule has 0 bridgehead atoms. The zero-order chi connectivity index (χ0) is 25.9. The van der Waals surface area contributed by atoms with Gasteiger partial charge in [0.05, 0.1) is 46.4 Å². The van der Waals surface area contributed by atoms with Crippen LogP contribution in [0.3, 0.4) is 0 Å². The summed E-state index contributed by atoms with van der Waals surface area (Å²) in [7, 11) is 5.99. The summed E-state index contributed by atoms with van der Waals surface area (Å²) in [6.45, 7) is 2.19. The lowest BCUT2D eigenvalue weighted by molar-refractivity contribution is -0.143. The second-order valence-corrected chi connectivity index (χ2v) is 9.62. The van der Waals surface area contributed by atoms with Gasteiger partial charge in [-0.3, -0.25) is 9.69 Å². The number of fused-ring (bicyclic) bond motifs is 5. The lowest BCUT2D eigenvalue weighted by atomic mass is 9.68. The fraction of sp³-hybridized carbons (Fsp3) is 0.517. The van der Waals surface area contributed by atoms with Crippen LogP contribution >= 0.6 is 0 Å². The van der Waals surface area contributed by atoms with Gasteiger partial charge in [-0.05, 0) is 47.2 Å². The molecule has 7 nitrogen and oxygen atoms in total. The highest BCUT2D eigenvalue weighted by Crippen LogP contribution is 2.61. The fourth-order valence-corrected chi connectivity index (χ4v) is 6.36. The van der Waals surface area contributed by atoms with Crippen LogP contribution in [-0.2, 0) is 26.2 Å². The van der Waals surface area contributed by atoms with Gasteiger partial charge in [0.25, 0.3) is 0 Å². The molecule has 194 valence electrons. The van der Waals surface area contributed by atoms with Crippen LogP contribution < -0.4 is 9.47 Å². The maximum Gasteiger partial charge on any atom is 0.410 e. The van der Waals surface area contributed by atoms with Gasteiger partial charge in [0.2, 0.25) is 0 Å². The van der Waals surface area contributed by atoms with Gasteiger partial charge in [-0.25, -0.2) is 4.79 Å². The van der Waals surface area contributed by atoms with Crippen LogP contribution in [-0.4, -0.2) is 45.4 Å². The normalized spacial score (nSPS) is 21.8. The zero-order valence-electron chi connectivity index (χ0n) is 22.0. The van der Waals surface area contributed by atoms with E-state index in [2.05, 4.69) is 19.1 Å². The van der Waals surface area contributed by atoms with E-state index in [0.717, 1.165) is 55.2 Å². The number of esters is 1. The summed E-state index contributed by atoms with van der Waals surface area (Å²) in [4.78, 5) is 28.2. The van der Waals surface area contributed by atoms with Crippen LogP contribution in [0.25, 0.3) is 0 Å². The number of rotatable bonds is 9. The molecule has 3 unspecified atom stereocenters. The predicted octanol–water partition coefficient (Wildman–Crippen LogP) is 5.90. The molecule has 3 atom stereocenters. The number of carbonyl (C=O) groups is 2. The smallest absolute Gasteiger partial charge is 0.410 e. The van der Waals surface area contributed by atoms with E-state index in [0.29, 0.717) is 11.5 Å². The molecule has 2 aliphatic rings. The van der Waals surface area contributed by atoms with Crippen molar-refractivity contribution in [3.8, 4) is 11.5 Å². The van der Waals surface area contributed by atoms with Gasteiger partial charge in [-0.2, -0.15) is 0 Å². The van der Waals surface area contributed by atoms with Crippen molar-refractivity contribution >= 4 is 12.1 Å². The number of amides is 1. The Balaban J connectivity index is 2.01. The van der Waals surface area contributed by atoms with Gasteiger partial charge in [-0.1, -0.05) is 56.9 Å². The van der Waals surface area contributed by atoms with Crippen LogP contribution in [0.15, 0.2) is 36.4 Å². The maximum absolute atomic E-state index is 13.7. The molecular weight excluding hydrogens is 458 g/mol. The molecule has 0 fully saturated rings. The van der Waals surface area contributed by atoms with Gasteiger partial charge in [-0.15, -0.1) is 0 Å². The molecule has 0 saturated carbocycles. The molecule has 2 aromatic carbocycles. The number of ether oxygens (including phenoxy) is 4. The third-order valence-corrected chi connectivity index (χ3v) is 7.92. The van der Waals surface area contributed by atoms with Gasteiger partial charge in [0, 0.05) is 5.92 Å². The van der Waals surface area contributed by atoms with E-state index in [-0.39, 0.29) is 18.3 Å². The molecule has 7 heteroatoms. The number of hydrogen-bond donors (Lipinski definition) is 0. The molecule has 0 N–H and O–H groups in total. The van der Waals surface area contributed by atoms with Crippen molar-refractivity contribution in [3.05, 3.63) is 58.7 Å². The topological polar surface area (TPSA) is 74.3 Å². The van der Waals surface area contributed by atoms with E-state index in [4.69, 9.17) is 18.9 Å². The van der Waals surface area contributed by atoms with Gasteiger partial charge < -0.3 is 18.9 Å². The highest BCUT2D eigenvalue weighted by atomic mass is 16.5. The Bertz CT molecular complexity index is 1110. The summed E-state index contributed by atoms with van der Waals surface area (Å²) in [5, 5.41) is 0. The minimum absolute atomic E-state index is 0.0136. The number of carbonyl (C=O) groups excluding carboxylic acids is 2. The molecule has 0 saturated heterocycles. The maximum atomic E-state index is 13.7. The van der Waals surface area contributed by atoms with Gasteiger partial charge in [0.15, 0.2) is 11.5 Å². The molecule has 0 spiro atoms. The zero-order valence-corrected chi connectivity index (χ0v) is 22.0. The molecule has 4 rings (SSSR count). The highest BCUT2D eigenvalue weighted by Gasteiger charge is 2.59. The van der Waals surface area contributed by atoms with E-state index >= 15 is 0 Å². The Morgan fingerprint density at radius 3 is 2.28 bits per heavy atom. The van der Waals surface area contributed by atoms with E-state index in [1.54, 1.807) is 14.2 Å². The van der Waals surface area contributed by atoms with E-state index in [1.807, 2.05) is 29.2 Å². The lowest BCUT2D eigenvalue weighted by Crippen LogP contribution is -2.56. The first kappa shape index (κ1) is 25.9. The van der Waals surface area contributed by atoms with Gasteiger partial charge in [0.1, 0.15) is 0 Å². The average Bonchev–Trinajstić information content (AvgIpc) is 3.24. The molecular formula is C29H37NO6. The summed E-state index contributed by atoms with van der Waals surface area (Å²) in [5.74, 6) is 0.789. The largest absolute Gasteiger partial charge is 0.493 e. The average molecular weight is 496 g/mol. The Labute approximate surface area is 213 Å². The van der Waals surface area contributed by atoms with Crippen molar-refractivity contribution in [2.45, 2.75) is 69.4 Å². The molecule has 36 heavy (non-hydrogen) atoms. The summed E-state index contributed by atoms with van der Waals surface area (Å²) in [6.07, 6.45) is 5.41. The van der Waals surface area contributed by atoms with Crippen molar-refractivity contribution in [1.29, 1.82) is 0 Å². The number of hydrogen-bond acceptors (Lipinski definition) is 6. The minimum Gasteiger partial charge on any atom is -0.493 e. The number of methoxy groups -OCH3 is 4. The van der Waals surface area contributed by atoms with Crippen LogP contribution in [0.1, 0.15) is 79.7 Å². The Morgan fingerprint density at radius 1 is 0.944 bits per heavy atom. The first-order valence-electron chi connectivity index (χ1n) is 12.7. The van der Waals surface area contributed by atoms with Crippen LogP contribution in [0, 0.1) is 0 Å². The van der Waals surface area contributed by atoms with E-state index in [1.165, 1.54) is 19.8 Å². The molecule has 0 radical (unpaired) electrons. The minimum atomic E-state index is -0.650. The molecule has 2 aromatic rings. The number of unbranched alkanes of at least 4 members (excludes halogenated alkanes) is 3. The van der Waals surface area contributed by atoms with Crippen molar-refractivity contribution in [2.75, 3.05) is 28.4 Å². The van der Waals surface area contributed by atoms with E-state index in [9.17, 15) is 9.59 Å².